The summed E-state index contributed by atoms with van der Waals surface area (Å²) >= 11 is 2.02. The van der Waals surface area contributed by atoms with Gasteiger partial charge in [0.15, 0.2) is 0 Å². The predicted octanol–water partition coefficient (Wildman–Crippen LogP) is 2.76. The lowest BCUT2D eigenvalue weighted by atomic mass is 10.2. The summed E-state index contributed by atoms with van der Waals surface area (Å²) in [5, 5.41) is 0. The number of hydrogen-bond donors (Lipinski definition) is 1. The molecule has 0 amide bonds. The van der Waals surface area contributed by atoms with Crippen LogP contribution < -0.4 is 5.73 Å². The highest BCUT2D eigenvalue weighted by atomic mass is 35.5. The Morgan fingerprint density at radius 2 is 2.06 bits per heavy atom. The van der Waals surface area contributed by atoms with Crippen molar-refractivity contribution in [2.75, 3.05) is 25.4 Å². The fourth-order valence-electron chi connectivity index (χ4n) is 2.40. The van der Waals surface area contributed by atoms with Crippen LogP contribution in [0.5, 0.6) is 0 Å². The van der Waals surface area contributed by atoms with Crippen molar-refractivity contribution in [2.24, 2.45) is 5.73 Å². The van der Waals surface area contributed by atoms with Gasteiger partial charge in [0.05, 0.1) is 0 Å². The summed E-state index contributed by atoms with van der Waals surface area (Å²) in [5.74, 6) is 2.34. The molecule has 1 aromatic rings. The molecular formula is C14H23ClN2S. The number of likely N-dealkylation sites (tertiary alicyclic amines) is 1. The molecule has 2 rings (SSSR count). The minimum absolute atomic E-state index is 0. The Bertz CT molecular complexity index is 321. The van der Waals surface area contributed by atoms with E-state index >= 15 is 0 Å². The lowest BCUT2D eigenvalue weighted by Crippen LogP contribution is -2.36. The molecule has 1 aromatic carbocycles. The van der Waals surface area contributed by atoms with Gasteiger partial charge in [-0.1, -0.05) is 30.3 Å². The second-order valence-electron chi connectivity index (χ2n) is 4.61. The molecular weight excluding hydrogens is 264 g/mol. The van der Waals surface area contributed by atoms with E-state index in [2.05, 4.69) is 35.2 Å². The number of nitrogens with zero attached hydrogens (tertiary/aromatic N) is 1. The standard InChI is InChI=1S/C14H22N2S.ClH/c15-11-14-7-4-8-16(14)9-10-17-12-13-5-2-1-3-6-13;/h1-3,5-6,14H,4,7-12,15H2;1H. The Morgan fingerprint density at radius 3 is 2.78 bits per heavy atom. The molecule has 1 fully saturated rings. The van der Waals surface area contributed by atoms with Crippen molar-refractivity contribution in [1.29, 1.82) is 0 Å². The summed E-state index contributed by atoms with van der Waals surface area (Å²) in [6.45, 7) is 3.26. The minimum atomic E-state index is 0. The predicted molar refractivity (Wildman–Crippen MR) is 83.5 cm³/mol. The zero-order valence-electron chi connectivity index (χ0n) is 10.8. The van der Waals surface area contributed by atoms with Crippen LogP contribution in [0.2, 0.25) is 0 Å². The van der Waals surface area contributed by atoms with Crippen LogP contribution in [0.1, 0.15) is 18.4 Å². The van der Waals surface area contributed by atoms with Gasteiger partial charge in [-0.3, -0.25) is 4.90 Å². The van der Waals surface area contributed by atoms with Crippen LogP contribution in [-0.2, 0) is 5.75 Å². The number of rotatable bonds is 6. The maximum atomic E-state index is 5.77. The van der Waals surface area contributed by atoms with E-state index in [0.29, 0.717) is 6.04 Å². The highest BCUT2D eigenvalue weighted by Crippen LogP contribution is 2.18. The van der Waals surface area contributed by atoms with Gasteiger partial charge in [-0.15, -0.1) is 12.4 Å². The molecule has 1 atom stereocenters. The van der Waals surface area contributed by atoms with E-state index in [1.165, 1.54) is 37.2 Å². The maximum absolute atomic E-state index is 5.77. The number of nitrogens with two attached hydrogens (primary N) is 1. The van der Waals surface area contributed by atoms with Crippen molar-refractivity contribution in [1.82, 2.24) is 4.90 Å². The van der Waals surface area contributed by atoms with E-state index in [4.69, 9.17) is 5.73 Å². The molecule has 0 aromatic heterocycles. The van der Waals surface area contributed by atoms with E-state index < -0.39 is 0 Å². The monoisotopic (exact) mass is 286 g/mol. The Kier molecular flexibility index (Phi) is 7.75. The SMILES string of the molecule is Cl.NCC1CCCN1CCSCc1ccccc1. The molecule has 0 spiro atoms. The van der Waals surface area contributed by atoms with Crippen molar-refractivity contribution in [3.63, 3.8) is 0 Å². The van der Waals surface area contributed by atoms with E-state index in [-0.39, 0.29) is 12.4 Å². The van der Waals surface area contributed by atoms with Crippen LogP contribution in [0.25, 0.3) is 0 Å². The maximum Gasteiger partial charge on any atom is 0.0219 e. The van der Waals surface area contributed by atoms with Gasteiger partial charge < -0.3 is 5.73 Å². The summed E-state index contributed by atoms with van der Waals surface area (Å²) in [5.41, 5.74) is 7.20. The molecule has 0 radical (unpaired) electrons. The number of benzene rings is 1. The molecule has 0 saturated carbocycles. The third-order valence-electron chi connectivity index (χ3n) is 3.41. The first-order valence-corrected chi connectivity index (χ1v) is 7.61. The third kappa shape index (κ3) is 4.81. The highest BCUT2D eigenvalue weighted by Gasteiger charge is 2.21. The third-order valence-corrected chi connectivity index (χ3v) is 4.41. The Labute approximate surface area is 121 Å². The summed E-state index contributed by atoms with van der Waals surface area (Å²) in [6.07, 6.45) is 2.62. The van der Waals surface area contributed by atoms with Gasteiger partial charge in [0, 0.05) is 30.6 Å². The van der Waals surface area contributed by atoms with Crippen molar-refractivity contribution in [2.45, 2.75) is 24.6 Å². The molecule has 18 heavy (non-hydrogen) atoms. The zero-order chi connectivity index (χ0) is 11.9. The number of thioether (sulfide) groups is 1. The first-order chi connectivity index (χ1) is 8.40. The normalized spacial score (nSPS) is 19.7. The van der Waals surface area contributed by atoms with Crippen LogP contribution in [-0.4, -0.2) is 36.3 Å². The summed E-state index contributed by atoms with van der Waals surface area (Å²) in [4.78, 5) is 2.55. The minimum Gasteiger partial charge on any atom is -0.329 e. The molecule has 1 aliphatic heterocycles. The van der Waals surface area contributed by atoms with Gasteiger partial charge in [0.1, 0.15) is 0 Å². The Morgan fingerprint density at radius 1 is 1.28 bits per heavy atom. The van der Waals surface area contributed by atoms with E-state index in [1.807, 2.05) is 11.8 Å². The topological polar surface area (TPSA) is 29.3 Å². The van der Waals surface area contributed by atoms with Crippen molar-refractivity contribution in [3.05, 3.63) is 35.9 Å². The summed E-state index contributed by atoms with van der Waals surface area (Å²) in [6, 6.07) is 11.3. The van der Waals surface area contributed by atoms with Gasteiger partial charge in [-0.05, 0) is 24.9 Å². The zero-order valence-corrected chi connectivity index (χ0v) is 12.4. The van der Waals surface area contributed by atoms with E-state index in [0.717, 1.165) is 12.3 Å². The van der Waals surface area contributed by atoms with Crippen molar-refractivity contribution < 1.29 is 0 Å². The molecule has 2 N–H and O–H groups in total. The van der Waals surface area contributed by atoms with Crippen LogP contribution in [0.15, 0.2) is 30.3 Å². The van der Waals surface area contributed by atoms with Crippen LogP contribution in [0.4, 0.5) is 0 Å². The molecule has 1 unspecified atom stereocenters. The lowest BCUT2D eigenvalue weighted by Gasteiger charge is -2.22. The van der Waals surface area contributed by atoms with E-state index in [9.17, 15) is 0 Å². The molecule has 1 saturated heterocycles. The quantitative estimate of drug-likeness (QED) is 0.816. The average molecular weight is 287 g/mol. The number of hydrogen-bond acceptors (Lipinski definition) is 3. The fourth-order valence-corrected chi connectivity index (χ4v) is 3.34. The van der Waals surface area contributed by atoms with Crippen LogP contribution in [0, 0.1) is 0 Å². The Balaban J connectivity index is 0.00000162. The van der Waals surface area contributed by atoms with Gasteiger partial charge in [-0.25, -0.2) is 0 Å². The second-order valence-corrected chi connectivity index (χ2v) is 5.71. The smallest absolute Gasteiger partial charge is 0.0219 e. The molecule has 102 valence electrons. The first-order valence-electron chi connectivity index (χ1n) is 6.46. The fraction of sp³-hybridized carbons (Fsp3) is 0.571. The number of halogens is 1. The molecule has 0 bridgehead atoms. The molecule has 2 nitrogen and oxygen atoms in total. The van der Waals surface area contributed by atoms with Crippen molar-refractivity contribution >= 4 is 24.2 Å². The molecule has 4 heteroatoms. The first kappa shape index (κ1) is 15.8. The Hall–Kier alpha value is -0.220. The lowest BCUT2D eigenvalue weighted by molar-refractivity contribution is 0.275. The van der Waals surface area contributed by atoms with Crippen LogP contribution >= 0.6 is 24.2 Å². The van der Waals surface area contributed by atoms with Crippen LogP contribution in [0.3, 0.4) is 0 Å². The van der Waals surface area contributed by atoms with Gasteiger partial charge in [-0.2, -0.15) is 11.8 Å². The van der Waals surface area contributed by atoms with Crippen molar-refractivity contribution in [3.8, 4) is 0 Å². The molecule has 1 heterocycles. The summed E-state index contributed by atoms with van der Waals surface area (Å²) in [7, 11) is 0. The average Bonchev–Trinajstić information content (AvgIpc) is 2.83. The summed E-state index contributed by atoms with van der Waals surface area (Å²) < 4.78 is 0. The van der Waals surface area contributed by atoms with E-state index in [1.54, 1.807) is 0 Å². The molecule has 1 aliphatic rings. The van der Waals surface area contributed by atoms with Gasteiger partial charge in [0.25, 0.3) is 0 Å². The largest absolute Gasteiger partial charge is 0.329 e. The molecule has 0 aliphatic carbocycles. The van der Waals surface area contributed by atoms with Gasteiger partial charge >= 0.3 is 0 Å². The highest BCUT2D eigenvalue weighted by molar-refractivity contribution is 7.98. The second kappa shape index (κ2) is 8.81. The van der Waals surface area contributed by atoms with Gasteiger partial charge in [0.2, 0.25) is 0 Å².